The van der Waals surface area contributed by atoms with Crippen molar-refractivity contribution in [3.05, 3.63) is 169 Å². The lowest BCUT2D eigenvalue weighted by Crippen LogP contribution is -2.29. The Hall–Kier alpha value is -5.36. The van der Waals surface area contributed by atoms with Crippen molar-refractivity contribution >= 4 is 38.8 Å². The van der Waals surface area contributed by atoms with E-state index >= 15 is 0 Å². The molecule has 0 saturated carbocycles. The van der Waals surface area contributed by atoms with E-state index in [1.54, 1.807) is 6.20 Å². The van der Waals surface area contributed by atoms with Gasteiger partial charge in [-0.1, -0.05) is 91.0 Å². The predicted molar refractivity (Wildman–Crippen MR) is 199 cm³/mol. The van der Waals surface area contributed by atoms with Gasteiger partial charge in [0.2, 0.25) is 0 Å². The summed E-state index contributed by atoms with van der Waals surface area (Å²) >= 11 is 0. The summed E-state index contributed by atoms with van der Waals surface area (Å²) in [5.41, 5.74) is 28.1. The number of nitrogens with two attached hydrogens (primary N) is 3. The number of aromatic nitrogens is 1. The third-order valence-electron chi connectivity index (χ3n) is 9.41. The van der Waals surface area contributed by atoms with E-state index in [1.165, 1.54) is 56.3 Å². The number of fused-ring (bicyclic) bond motifs is 6. The van der Waals surface area contributed by atoms with Crippen LogP contribution in [0.2, 0.25) is 0 Å². The van der Waals surface area contributed by atoms with Crippen molar-refractivity contribution in [3.8, 4) is 5.69 Å². The monoisotopic (exact) mass is 615 g/mol. The van der Waals surface area contributed by atoms with Gasteiger partial charge in [0.15, 0.2) is 0 Å². The van der Waals surface area contributed by atoms with Crippen LogP contribution in [0.15, 0.2) is 152 Å². The molecule has 0 spiro atoms. The van der Waals surface area contributed by atoms with E-state index in [2.05, 4.69) is 144 Å². The average molecular weight is 616 g/mol. The van der Waals surface area contributed by atoms with Crippen LogP contribution in [0.1, 0.15) is 48.5 Å². The van der Waals surface area contributed by atoms with E-state index in [-0.39, 0.29) is 0 Å². The molecule has 1 aliphatic carbocycles. The van der Waals surface area contributed by atoms with Crippen LogP contribution in [0.25, 0.3) is 33.1 Å². The van der Waals surface area contributed by atoms with E-state index in [1.807, 2.05) is 18.2 Å². The average Bonchev–Trinajstić information content (AvgIpc) is 3.64. The molecule has 2 heterocycles. The maximum atomic E-state index is 5.83. The molecule has 6 aromatic rings. The van der Waals surface area contributed by atoms with Crippen LogP contribution in [-0.2, 0) is 0 Å². The molecule has 0 amide bonds. The van der Waals surface area contributed by atoms with Gasteiger partial charge in [0.1, 0.15) is 0 Å². The Morgan fingerprint density at radius 1 is 0.766 bits per heavy atom. The van der Waals surface area contributed by atoms with E-state index < -0.39 is 6.17 Å². The minimum atomic E-state index is -0.465. The number of rotatable bonds is 5. The van der Waals surface area contributed by atoms with E-state index in [4.69, 9.17) is 17.2 Å². The fourth-order valence-electron chi connectivity index (χ4n) is 7.17. The minimum absolute atomic E-state index is 0.426. The van der Waals surface area contributed by atoms with Gasteiger partial charge in [-0.2, -0.15) is 0 Å². The van der Waals surface area contributed by atoms with Crippen LogP contribution < -0.4 is 22.1 Å². The normalized spacial score (nSPS) is 17.3. The van der Waals surface area contributed by atoms with Crippen LogP contribution in [0, 0.1) is 0 Å². The SMILES string of the molecule is C/C(=C\C=C/N)c1ccc2c(c1)C1CCC=CC1N2c1ccccc1.NC(N)c1cccc(-n2c3ccccc3c3ccccc32)c1. The fourth-order valence-corrected chi connectivity index (χ4v) is 7.17. The number of nitrogens with zero attached hydrogens (tertiary/aromatic N) is 2. The Bertz CT molecular complexity index is 2060. The molecule has 8 rings (SSSR count). The summed E-state index contributed by atoms with van der Waals surface area (Å²) in [7, 11) is 0. The summed E-state index contributed by atoms with van der Waals surface area (Å²) < 4.78 is 2.26. The lowest BCUT2D eigenvalue weighted by atomic mass is 9.85. The summed E-state index contributed by atoms with van der Waals surface area (Å²) in [6.45, 7) is 2.14. The van der Waals surface area contributed by atoms with Gasteiger partial charge in [-0.25, -0.2) is 0 Å². The lowest BCUT2D eigenvalue weighted by Gasteiger charge is -2.30. The highest BCUT2D eigenvalue weighted by Crippen LogP contribution is 2.49. The molecule has 0 radical (unpaired) electrons. The zero-order valence-corrected chi connectivity index (χ0v) is 26.7. The highest BCUT2D eigenvalue weighted by Gasteiger charge is 2.38. The Morgan fingerprint density at radius 2 is 1.45 bits per heavy atom. The van der Waals surface area contributed by atoms with Crippen LogP contribution >= 0.6 is 0 Å². The van der Waals surface area contributed by atoms with Crippen molar-refractivity contribution in [1.82, 2.24) is 4.57 Å². The standard InChI is InChI=1S/C23H24N2.C19H17N3/c1-17(8-7-15-24)18-13-14-23-21(16-18)20-11-5-6-12-22(20)25(23)19-9-3-2-4-10-19;20-19(21)13-6-5-7-14(12-13)22-17-10-3-1-8-15(17)16-9-2-4-11-18(16)22/h2-4,6-10,12-16,20,22H,5,11,24H2,1H3;1-12,19H,20-21H2/b15-7-,17-8+;. The van der Waals surface area contributed by atoms with E-state index in [0.29, 0.717) is 12.0 Å². The second-order valence-electron chi connectivity index (χ2n) is 12.3. The molecule has 1 aromatic heterocycles. The molecule has 2 unspecified atom stereocenters. The summed E-state index contributed by atoms with van der Waals surface area (Å²) in [6, 6.07) is 43.1. The highest BCUT2D eigenvalue weighted by molar-refractivity contribution is 6.09. The smallest absolute Gasteiger partial charge is 0.0785 e. The quantitative estimate of drug-likeness (QED) is 0.103. The number of hydrogen-bond donors (Lipinski definition) is 3. The summed E-state index contributed by atoms with van der Waals surface area (Å²) in [5, 5.41) is 2.50. The van der Waals surface area contributed by atoms with Crippen molar-refractivity contribution in [2.24, 2.45) is 17.2 Å². The molecule has 6 N–H and O–H groups in total. The first-order valence-corrected chi connectivity index (χ1v) is 16.4. The number of anilines is 2. The molecule has 0 bridgehead atoms. The van der Waals surface area contributed by atoms with Gasteiger partial charge in [-0.3, -0.25) is 0 Å². The third kappa shape index (κ3) is 5.76. The van der Waals surface area contributed by atoms with E-state index in [9.17, 15) is 0 Å². The Labute approximate surface area is 276 Å². The number of hydrogen-bond acceptors (Lipinski definition) is 4. The summed E-state index contributed by atoms with van der Waals surface area (Å²) in [5.74, 6) is 0.568. The molecule has 0 saturated heterocycles. The Balaban J connectivity index is 0.000000151. The second-order valence-corrected chi connectivity index (χ2v) is 12.3. The van der Waals surface area contributed by atoms with Crippen molar-refractivity contribution in [3.63, 3.8) is 0 Å². The lowest BCUT2D eigenvalue weighted by molar-refractivity contribution is 0.573. The molecule has 5 nitrogen and oxygen atoms in total. The number of para-hydroxylation sites is 3. The van der Waals surface area contributed by atoms with Crippen LogP contribution in [-0.4, -0.2) is 10.6 Å². The number of allylic oxidation sites excluding steroid dienone is 4. The van der Waals surface area contributed by atoms with Gasteiger partial charge in [-0.15, -0.1) is 0 Å². The van der Waals surface area contributed by atoms with Crippen molar-refractivity contribution in [2.45, 2.75) is 37.9 Å². The summed E-state index contributed by atoms with van der Waals surface area (Å²) in [6.07, 6.45) is 12.2. The minimum Gasteiger partial charge on any atom is -0.405 e. The zero-order chi connectivity index (χ0) is 32.3. The number of benzene rings is 5. The molecule has 1 aliphatic heterocycles. The maximum Gasteiger partial charge on any atom is 0.0785 e. The molecule has 0 fully saturated rings. The molecular formula is C42H41N5. The third-order valence-corrected chi connectivity index (χ3v) is 9.41. The molecule has 5 heteroatoms. The Kier molecular flexibility index (Phi) is 8.49. The van der Waals surface area contributed by atoms with Crippen molar-refractivity contribution in [1.29, 1.82) is 0 Å². The van der Waals surface area contributed by atoms with Crippen LogP contribution in [0.3, 0.4) is 0 Å². The first-order chi connectivity index (χ1) is 23.0. The highest BCUT2D eigenvalue weighted by atomic mass is 15.2. The molecule has 2 atom stereocenters. The van der Waals surface area contributed by atoms with Gasteiger partial charge >= 0.3 is 0 Å². The topological polar surface area (TPSA) is 86.2 Å². The molecule has 2 aliphatic rings. The largest absolute Gasteiger partial charge is 0.405 e. The first-order valence-electron chi connectivity index (χ1n) is 16.4. The Morgan fingerprint density at radius 3 is 2.15 bits per heavy atom. The van der Waals surface area contributed by atoms with Gasteiger partial charge < -0.3 is 26.7 Å². The van der Waals surface area contributed by atoms with Crippen LogP contribution in [0.4, 0.5) is 11.4 Å². The van der Waals surface area contributed by atoms with Crippen molar-refractivity contribution in [2.75, 3.05) is 4.90 Å². The molecule has 234 valence electrons. The predicted octanol–water partition coefficient (Wildman–Crippen LogP) is 9.22. The maximum absolute atomic E-state index is 5.83. The first kappa shape index (κ1) is 30.3. The zero-order valence-electron chi connectivity index (χ0n) is 26.7. The van der Waals surface area contributed by atoms with Gasteiger partial charge in [0.25, 0.3) is 0 Å². The van der Waals surface area contributed by atoms with E-state index in [0.717, 1.165) is 17.7 Å². The van der Waals surface area contributed by atoms with Crippen molar-refractivity contribution < 1.29 is 0 Å². The van der Waals surface area contributed by atoms with Gasteiger partial charge in [0, 0.05) is 33.8 Å². The fraction of sp³-hybridized carbons (Fsp3) is 0.143. The second kappa shape index (κ2) is 13.2. The van der Waals surface area contributed by atoms with Crippen LogP contribution in [0.5, 0.6) is 0 Å². The van der Waals surface area contributed by atoms with Gasteiger partial charge in [0.05, 0.1) is 23.2 Å². The molecule has 5 aromatic carbocycles. The summed E-state index contributed by atoms with van der Waals surface area (Å²) in [4.78, 5) is 2.50. The van der Waals surface area contributed by atoms with Gasteiger partial charge in [-0.05, 0) is 103 Å². The molecule has 47 heavy (non-hydrogen) atoms. The molecular weight excluding hydrogens is 574 g/mol.